The van der Waals surface area contributed by atoms with Crippen molar-refractivity contribution in [3.8, 4) is 11.5 Å². The highest BCUT2D eigenvalue weighted by Crippen LogP contribution is 2.28. The predicted octanol–water partition coefficient (Wildman–Crippen LogP) is 3.18. The molecule has 7 heteroatoms. The lowest BCUT2D eigenvalue weighted by atomic mass is 10.1. The summed E-state index contributed by atoms with van der Waals surface area (Å²) in [5.41, 5.74) is 1.89. The summed E-state index contributed by atoms with van der Waals surface area (Å²) in [7, 11) is 3.22. The smallest absolute Gasteiger partial charge is 0.255 e. The Balaban J connectivity index is 1.60. The average molecular weight is 405 g/mol. The Labute approximate surface area is 170 Å². The molecule has 152 valence electrons. The monoisotopic (exact) mass is 404 g/mol. The van der Waals surface area contributed by atoms with Gasteiger partial charge in [0.2, 0.25) is 0 Å². The van der Waals surface area contributed by atoms with Gasteiger partial charge in [-0.1, -0.05) is 0 Å². The van der Waals surface area contributed by atoms with E-state index >= 15 is 0 Å². The maximum Gasteiger partial charge on any atom is 0.255 e. The topological polar surface area (TPSA) is 60.0 Å². The van der Waals surface area contributed by atoms with E-state index in [9.17, 15) is 4.79 Å². The molecule has 1 aromatic carbocycles. The maximum atomic E-state index is 12.5. The van der Waals surface area contributed by atoms with Crippen molar-refractivity contribution in [1.29, 1.82) is 0 Å². The zero-order valence-corrected chi connectivity index (χ0v) is 17.3. The van der Waals surface area contributed by atoms with Crippen LogP contribution in [0.3, 0.4) is 0 Å². The third kappa shape index (κ3) is 5.70. The Bertz CT molecular complexity index is 743. The van der Waals surface area contributed by atoms with Crippen LogP contribution < -0.4 is 14.8 Å². The molecular formula is C21H28N2O4S. The second-order valence-electron chi connectivity index (χ2n) is 6.84. The Morgan fingerprint density at radius 1 is 1.25 bits per heavy atom. The molecule has 1 fully saturated rings. The minimum absolute atomic E-state index is 0.0938. The van der Waals surface area contributed by atoms with Crippen LogP contribution in [0.15, 0.2) is 35.0 Å². The number of hydrogen-bond donors (Lipinski definition) is 1. The molecule has 3 rings (SSSR count). The minimum Gasteiger partial charge on any atom is -0.497 e. The zero-order valence-electron chi connectivity index (χ0n) is 16.5. The first kappa shape index (κ1) is 20.6. The second-order valence-corrected chi connectivity index (χ2v) is 7.62. The van der Waals surface area contributed by atoms with Gasteiger partial charge in [0.15, 0.2) is 0 Å². The molecule has 0 saturated carbocycles. The number of nitrogens with one attached hydrogen (secondary N) is 1. The summed E-state index contributed by atoms with van der Waals surface area (Å²) in [5, 5.41) is 7.17. The lowest BCUT2D eigenvalue weighted by Gasteiger charge is -2.32. The van der Waals surface area contributed by atoms with Gasteiger partial charge in [0.1, 0.15) is 17.6 Å². The van der Waals surface area contributed by atoms with Crippen molar-refractivity contribution in [3.63, 3.8) is 0 Å². The molecule has 1 aromatic heterocycles. The average Bonchev–Trinajstić information content (AvgIpc) is 3.22. The molecule has 1 N–H and O–H groups in total. The van der Waals surface area contributed by atoms with Crippen LogP contribution in [0.5, 0.6) is 11.5 Å². The number of methoxy groups -OCH3 is 2. The summed E-state index contributed by atoms with van der Waals surface area (Å²) in [6.45, 7) is 3.89. The molecule has 1 aliphatic heterocycles. The summed E-state index contributed by atoms with van der Waals surface area (Å²) in [5.74, 6) is 1.09. The van der Waals surface area contributed by atoms with Gasteiger partial charge in [0, 0.05) is 39.4 Å². The molecular weight excluding hydrogens is 376 g/mol. The fourth-order valence-electron chi connectivity index (χ4n) is 3.28. The number of nitrogens with zero attached hydrogens (tertiary/aromatic N) is 1. The molecule has 28 heavy (non-hydrogen) atoms. The normalized spacial score (nSPS) is 15.4. The molecule has 0 spiro atoms. The van der Waals surface area contributed by atoms with Crippen molar-refractivity contribution in [3.05, 3.63) is 46.2 Å². The number of piperidine rings is 1. The molecule has 2 aromatic rings. The third-order valence-corrected chi connectivity index (χ3v) is 5.57. The van der Waals surface area contributed by atoms with Crippen molar-refractivity contribution in [2.24, 2.45) is 0 Å². The molecule has 1 amide bonds. The molecule has 1 aliphatic rings. The van der Waals surface area contributed by atoms with Crippen LogP contribution in [0.2, 0.25) is 0 Å². The van der Waals surface area contributed by atoms with E-state index in [0.717, 1.165) is 32.5 Å². The highest BCUT2D eigenvalue weighted by molar-refractivity contribution is 7.07. The van der Waals surface area contributed by atoms with Crippen molar-refractivity contribution >= 4 is 17.2 Å². The summed E-state index contributed by atoms with van der Waals surface area (Å²) >= 11 is 1.74. The van der Waals surface area contributed by atoms with Crippen LogP contribution in [0.25, 0.3) is 0 Å². The van der Waals surface area contributed by atoms with E-state index in [1.807, 2.05) is 0 Å². The predicted molar refractivity (Wildman–Crippen MR) is 110 cm³/mol. The van der Waals surface area contributed by atoms with Gasteiger partial charge in [0.25, 0.3) is 5.91 Å². The number of rotatable bonds is 9. The van der Waals surface area contributed by atoms with Crippen LogP contribution in [-0.2, 0) is 11.3 Å². The van der Waals surface area contributed by atoms with E-state index < -0.39 is 0 Å². The number of likely N-dealkylation sites (tertiary alicyclic amines) is 1. The highest BCUT2D eigenvalue weighted by atomic mass is 32.1. The maximum absolute atomic E-state index is 12.5. The first-order valence-corrected chi connectivity index (χ1v) is 10.5. The lowest BCUT2D eigenvalue weighted by molar-refractivity contribution is 0.0881. The third-order valence-electron chi connectivity index (χ3n) is 4.84. The zero-order chi connectivity index (χ0) is 19.8. The molecule has 0 atom stereocenters. The Kier molecular flexibility index (Phi) is 7.71. The van der Waals surface area contributed by atoms with Gasteiger partial charge in [-0.15, -0.1) is 0 Å². The standard InChI is InChI=1S/C21H28N2O4S/c1-25-11-8-22-21(24)19-4-3-18(26-2)13-20(19)27-17-5-9-23(10-6-17)14-16-7-12-28-15-16/h3-4,7,12-13,15,17H,5-6,8-11,14H2,1-2H3,(H,22,24). The van der Waals surface area contributed by atoms with E-state index in [4.69, 9.17) is 14.2 Å². The molecule has 1 saturated heterocycles. The quantitative estimate of drug-likeness (QED) is 0.651. The molecule has 6 nitrogen and oxygen atoms in total. The van der Waals surface area contributed by atoms with Crippen molar-refractivity contribution < 1.29 is 19.0 Å². The summed E-state index contributed by atoms with van der Waals surface area (Å²) in [6.07, 6.45) is 1.97. The fraction of sp³-hybridized carbons (Fsp3) is 0.476. The van der Waals surface area contributed by atoms with E-state index in [0.29, 0.717) is 30.2 Å². The van der Waals surface area contributed by atoms with E-state index in [-0.39, 0.29) is 12.0 Å². The Morgan fingerprint density at radius 3 is 2.75 bits per heavy atom. The van der Waals surface area contributed by atoms with Crippen LogP contribution in [-0.4, -0.2) is 57.4 Å². The van der Waals surface area contributed by atoms with Crippen LogP contribution in [0.1, 0.15) is 28.8 Å². The molecule has 2 heterocycles. The SMILES string of the molecule is COCCNC(=O)c1ccc(OC)cc1OC1CCN(Cc2ccsc2)CC1. The van der Waals surface area contributed by atoms with Gasteiger partial charge >= 0.3 is 0 Å². The largest absolute Gasteiger partial charge is 0.497 e. The number of carbonyl (C=O) groups excluding carboxylic acids is 1. The highest BCUT2D eigenvalue weighted by Gasteiger charge is 2.23. The fourth-order valence-corrected chi connectivity index (χ4v) is 3.94. The number of benzene rings is 1. The van der Waals surface area contributed by atoms with E-state index in [1.165, 1.54) is 5.56 Å². The van der Waals surface area contributed by atoms with Gasteiger partial charge in [-0.3, -0.25) is 9.69 Å². The summed E-state index contributed by atoms with van der Waals surface area (Å²) in [6, 6.07) is 7.50. The van der Waals surface area contributed by atoms with Gasteiger partial charge in [-0.25, -0.2) is 0 Å². The van der Waals surface area contributed by atoms with E-state index in [1.54, 1.807) is 43.8 Å². The van der Waals surface area contributed by atoms with E-state index in [2.05, 4.69) is 27.0 Å². The molecule has 0 bridgehead atoms. The number of amides is 1. The van der Waals surface area contributed by atoms with Crippen molar-refractivity contribution in [2.75, 3.05) is 40.5 Å². The molecule has 0 radical (unpaired) electrons. The molecule has 0 unspecified atom stereocenters. The van der Waals surface area contributed by atoms with Crippen LogP contribution >= 0.6 is 11.3 Å². The van der Waals surface area contributed by atoms with Gasteiger partial charge in [0.05, 0.1) is 19.3 Å². The molecule has 0 aliphatic carbocycles. The van der Waals surface area contributed by atoms with Gasteiger partial charge in [-0.2, -0.15) is 11.3 Å². The van der Waals surface area contributed by atoms with Crippen LogP contribution in [0.4, 0.5) is 0 Å². The first-order valence-electron chi connectivity index (χ1n) is 9.55. The number of carbonyl (C=O) groups is 1. The lowest BCUT2D eigenvalue weighted by Crippen LogP contribution is -2.38. The second kappa shape index (κ2) is 10.5. The number of hydrogen-bond acceptors (Lipinski definition) is 6. The minimum atomic E-state index is -0.162. The summed E-state index contributed by atoms with van der Waals surface area (Å²) in [4.78, 5) is 15.0. The first-order chi connectivity index (χ1) is 13.7. The van der Waals surface area contributed by atoms with Crippen molar-refractivity contribution in [2.45, 2.75) is 25.5 Å². The number of ether oxygens (including phenoxy) is 3. The Hall–Kier alpha value is -2.09. The van der Waals surface area contributed by atoms with Gasteiger partial charge < -0.3 is 19.5 Å². The summed E-state index contributed by atoms with van der Waals surface area (Å²) < 4.78 is 16.6. The van der Waals surface area contributed by atoms with Crippen molar-refractivity contribution in [1.82, 2.24) is 10.2 Å². The Morgan fingerprint density at radius 2 is 2.07 bits per heavy atom. The van der Waals surface area contributed by atoms with Gasteiger partial charge in [-0.05, 0) is 47.4 Å². The van der Waals surface area contributed by atoms with Crippen LogP contribution in [0, 0.1) is 0 Å². The number of thiophene rings is 1.